The van der Waals surface area contributed by atoms with Gasteiger partial charge in [-0.1, -0.05) is 27.5 Å². The maximum atomic E-state index is 12.2. The first kappa shape index (κ1) is 14.9. The van der Waals surface area contributed by atoms with E-state index >= 15 is 0 Å². The summed E-state index contributed by atoms with van der Waals surface area (Å²) in [7, 11) is 1.45. The number of phenolic OH excluding ortho intramolecular Hbond substituents is 1. The third kappa shape index (κ3) is 2.58. The van der Waals surface area contributed by atoms with E-state index in [1.54, 1.807) is 12.1 Å². The van der Waals surface area contributed by atoms with Gasteiger partial charge in [0.25, 0.3) is 5.91 Å². The van der Waals surface area contributed by atoms with Gasteiger partial charge in [-0.25, -0.2) is 0 Å². The van der Waals surface area contributed by atoms with E-state index in [1.165, 1.54) is 13.2 Å². The van der Waals surface area contributed by atoms with Crippen molar-refractivity contribution in [1.29, 1.82) is 0 Å². The molecule has 112 valence electrons. The van der Waals surface area contributed by atoms with Gasteiger partial charge in [0.2, 0.25) is 0 Å². The average molecular weight is 381 g/mol. The maximum Gasteiger partial charge on any atom is 0.256 e. The van der Waals surface area contributed by atoms with Crippen molar-refractivity contribution < 1.29 is 14.6 Å². The predicted molar refractivity (Wildman–Crippen MR) is 90.3 cm³/mol. The molecule has 0 spiro atoms. The summed E-state index contributed by atoms with van der Waals surface area (Å²) in [5, 5.41) is 12.8. The number of carbonyl (C=O) groups excluding carboxylic acids is 1. The third-order valence-corrected chi connectivity index (χ3v) is 4.18. The number of amides is 1. The van der Waals surface area contributed by atoms with Crippen LogP contribution in [-0.2, 0) is 4.79 Å². The number of carbonyl (C=O) groups is 1. The van der Waals surface area contributed by atoms with E-state index in [-0.39, 0.29) is 11.7 Å². The summed E-state index contributed by atoms with van der Waals surface area (Å²) >= 11 is 9.54. The number of halogens is 2. The molecule has 22 heavy (non-hydrogen) atoms. The molecule has 0 fully saturated rings. The van der Waals surface area contributed by atoms with Gasteiger partial charge in [-0.2, -0.15) is 0 Å². The second-order valence-electron chi connectivity index (χ2n) is 4.75. The molecular formula is C16H11BrClNO3. The van der Waals surface area contributed by atoms with Gasteiger partial charge in [0.15, 0.2) is 11.5 Å². The molecule has 0 radical (unpaired) electrons. The summed E-state index contributed by atoms with van der Waals surface area (Å²) in [4.78, 5) is 12.2. The van der Waals surface area contributed by atoms with E-state index in [2.05, 4.69) is 21.2 Å². The monoisotopic (exact) mass is 379 g/mol. The first-order valence-electron chi connectivity index (χ1n) is 6.39. The predicted octanol–water partition coefficient (Wildman–Crippen LogP) is 4.31. The molecule has 3 rings (SSSR count). The van der Waals surface area contributed by atoms with Gasteiger partial charge in [0.05, 0.1) is 12.1 Å². The van der Waals surface area contributed by atoms with Crippen LogP contribution in [0.1, 0.15) is 11.1 Å². The van der Waals surface area contributed by atoms with Crippen molar-refractivity contribution in [2.24, 2.45) is 0 Å². The average Bonchev–Trinajstić information content (AvgIpc) is 2.77. The van der Waals surface area contributed by atoms with Gasteiger partial charge >= 0.3 is 0 Å². The maximum absolute atomic E-state index is 12.2. The Balaban J connectivity index is 2.14. The van der Waals surface area contributed by atoms with Crippen molar-refractivity contribution in [2.45, 2.75) is 0 Å². The van der Waals surface area contributed by atoms with Crippen LogP contribution in [0.2, 0.25) is 5.02 Å². The van der Waals surface area contributed by atoms with Crippen LogP contribution in [-0.4, -0.2) is 18.1 Å². The SMILES string of the molecule is COc1cc(/C=C2\C(=O)Nc3ccc(Br)cc32)c(Cl)cc1O. The molecule has 2 aromatic rings. The lowest BCUT2D eigenvalue weighted by Gasteiger charge is -2.07. The molecule has 1 aliphatic heterocycles. The fourth-order valence-electron chi connectivity index (χ4n) is 2.29. The van der Waals surface area contributed by atoms with E-state index < -0.39 is 0 Å². The first-order chi connectivity index (χ1) is 10.5. The van der Waals surface area contributed by atoms with Crippen molar-refractivity contribution in [3.8, 4) is 11.5 Å². The van der Waals surface area contributed by atoms with Crippen molar-refractivity contribution in [3.63, 3.8) is 0 Å². The topological polar surface area (TPSA) is 58.6 Å². The molecule has 1 aliphatic rings. The highest BCUT2D eigenvalue weighted by molar-refractivity contribution is 9.10. The van der Waals surface area contributed by atoms with Crippen molar-refractivity contribution in [3.05, 3.63) is 51.0 Å². The Morgan fingerprint density at radius 2 is 2.09 bits per heavy atom. The van der Waals surface area contributed by atoms with Crippen LogP contribution in [0.4, 0.5) is 5.69 Å². The molecule has 1 amide bonds. The van der Waals surface area contributed by atoms with Gasteiger partial charge in [0, 0.05) is 27.4 Å². The summed E-state index contributed by atoms with van der Waals surface area (Å²) in [6.45, 7) is 0. The zero-order valence-electron chi connectivity index (χ0n) is 11.5. The van der Waals surface area contributed by atoms with Crippen LogP contribution < -0.4 is 10.1 Å². The Kier molecular flexibility index (Phi) is 3.85. The molecule has 0 saturated heterocycles. The molecule has 0 atom stereocenters. The molecule has 2 N–H and O–H groups in total. The first-order valence-corrected chi connectivity index (χ1v) is 7.56. The second kappa shape index (κ2) is 5.66. The number of benzene rings is 2. The van der Waals surface area contributed by atoms with Crippen molar-refractivity contribution in [1.82, 2.24) is 0 Å². The molecular weight excluding hydrogens is 370 g/mol. The number of nitrogens with one attached hydrogen (secondary N) is 1. The van der Waals surface area contributed by atoms with Gasteiger partial charge < -0.3 is 15.2 Å². The minimum absolute atomic E-state index is 0.0475. The van der Waals surface area contributed by atoms with E-state index in [4.69, 9.17) is 16.3 Å². The van der Waals surface area contributed by atoms with Crippen LogP contribution in [0.5, 0.6) is 11.5 Å². The summed E-state index contributed by atoms with van der Waals surface area (Å²) in [5.74, 6) is 0.0500. The lowest BCUT2D eigenvalue weighted by Crippen LogP contribution is -2.03. The van der Waals surface area contributed by atoms with E-state index in [0.29, 0.717) is 21.9 Å². The number of methoxy groups -OCH3 is 1. The van der Waals surface area contributed by atoms with Crippen molar-refractivity contribution in [2.75, 3.05) is 12.4 Å². The Bertz CT molecular complexity index is 817. The highest BCUT2D eigenvalue weighted by atomic mass is 79.9. The van der Waals surface area contributed by atoms with Crippen LogP contribution in [0, 0.1) is 0 Å². The van der Waals surface area contributed by atoms with Gasteiger partial charge in [-0.15, -0.1) is 0 Å². The summed E-state index contributed by atoms with van der Waals surface area (Å²) in [5.41, 5.74) is 2.64. The van der Waals surface area contributed by atoms with Crippen molar-refractivity contribution >= 4 is 50.8 Å². The molecule has 4 nitrogen and oxygen atoms in total. The fourth-order valence-corrected chi connectivity index (χ4v) is 2.87. The minimum atomic E-state index is -0.198. The highest BCUT2D eigenvalue weighted by Gasteiger charge is 2.24. The quantitative estimate of drug-likeness (QED) is 0.763. The number of fused-ring (bicyclic) bond motifs is 1. The highest BCUT2D eigenvalue weighted by Crippen LogP contribution is 2.38. The summed E-state index contributed by atoms with van der Waals surface area (Å²) < 4.78 is 5.95. The number of ether oxygens (including phenoxy) is 1. The van der Waals surface area contributed by atoms with Crippen LogP contribution in [0.15, 0.2) is 34.8 Å². The number of hydrogen-bond acceptors (Lipinski definition) is 3. The minimum Gasteiger partial charge on any atom is -0.504 e. The number of phenols is 1. The van der Waals surface area contributed by atoms with E-state index in [0.717, 1.165) is 15.7 Å². The van der Waals surface area contributed by atoms with Crippen LogP contribution >= 0.6 is 27.5 Å². The largest absolute Gasteiger partial charge is 0.504 e. The molecule has 0 bridgehead atoms. The summed E-state index contributed by atoms with van der Waals surface area (Å²) in [6.07, 6.45) is 1.68. The summed E-state index contributed by atoms with van der Waals surface area (Å²) in [6, 6.07) is 8.54. The lowest BCUT2D eigenvalue weighted by molar-refractivity contribution is -0.110. The zero-order chi connectivity index (χ0) is 15.9. The molecule has 1 heterocycles. The zero-order valence-corrected chi connectivity index (χ0v) is 13.8. The normalized spacial score (nSPS) is 14.9. The van der Waals surface area contributed by atoms with Gasteiger partial charge in [-0.3, -0.25) is 4.79 Å². The molecule has 0 unspecified atom stereocenters. The standard InChI is InChI=1S/C16H11BrClNO3/c1-22-15-5-8(12(18)7-14(15)20)4-11-10-6-9(17)2-3-13(10)19-16(11)21/h2-7,20H,1H3,(H,19,21)/b11-4-. The Morgan fingerprint density at radius 3 is 2.82 bits per heavy atom. The second-order valence-corrected chi connectivity index (χ2v) is 6.07. The third-order valence-electron chi connectivity index (χ3n) is 3.36. The Morgan fingerprint density at radius 1 is 1.32 bits per heavy atom. The molecule has 0 saturated carbocycles. The van der Waals surface area contributed by atoms with E-state index in [9.17, 15) is 9.90 Å². The molecule has 2 aromatic carbocycles. The fraction of sp³-hybridized carbons (Fsp3) is 0.0625. The Labute approximate surface area is 140 Å². The van der Waals surface area contributed by atoms with Gasteiger partial charge in [0.1, 0.15) is 0 Å². The lowest BCUT2D eigenvalue weighted by atomic mass is 10.0. The number of hydrogen-bond donors (Lipinski definition) is 2. The van der Waals surface area contributed by atoms with Crippen LogP contribution in [0.3, 0.4) is 0 Å². The molecule has 0 aromatic heterocycles. The Hall–Kier alpha value is -1.98. The van der Waals surface area contributed by atoms with E-state index in [1.807, 2.05) is 18.2 Å². The number of anilines is 1. The van der Waals surface area contributed by atoms with Crippen LogP contribution in [0.25, 0.3) is 11.6 Å². The molecule has 0 aliphatic carbocycles. The van der Waals surface area contributed by atoms with Gasteiger partial charge in [-0.05, 0) is 35.9 Å². The number of rotatable bonds is 2. The smallest absolute Gasteiger partial charge is 0.256 e. The molecule has 6 heteroatoms. The number of aromatic hydroxyl groups is 1.